The van der Waals surface area contributed by atoms with E-state index in [1.165, 1.54) is 0 Å². The van der Waals surface area contributed by atoms with Gasteiger partial charge in [0.15, 0.2) is 0 Å². The molecule has 3 rings (SSSR count). The van der Waals surface area contributed by atoms with E-state index in [2.05, 4.69) is 9.97 Å². The summed E-state index contributed by atoms with van der Waals surface area (Å²) < 4.78 is 10.3. The van der Waals surface area contributed by atoms with Gasteiger partial charge in [-0.1, -0.05) is 36.4 Å². The van der Waals surface area contributed by atoms with E-state index >= 15 is 0 Å². The molecule has 1 aromatic heterocycles. The summed E-state index contributed by atoms with van der Waals surface area (Å²) in [6.07, 6.45) is 9.53. The van der Waals surface area contributed by atoms with Gasteiger partial charge in [0.1, 0.15) is 17.8 Å². The Morgan fingerprint density at radius 2 is 1.04 bits per heavy atom. The second-order valence-corrected chi connectivity index (χ2v) is 5.58. The Bertz CT molecular complexity index is 825. The molecule has 0 aliphatic heterocycles. The molecule has 4 nitrogen and oxygen atoms in total. The van der Waals surface area contributed by atoms with Gasteiger partial charge in [0.25, 0.3) is 0 Å². The molecule has 130 valence electrons. The molecule has 3 aromatic rings. The van der Waals surface area contributed by atoms with Crippen LogP contribution in [0.4, 0.5) is 0 Å². The number of benzene rings is 2. The Kier molecular flexibility index (Phi) is 5.78. The summed E-state index contributed by atoms with van der Waals surface area (Å²) in [6.45, 7) is 0. The van der Waals surface area contributed by atoms with E-state index in [9.17, 15) is 0 Å². The summed E-state index contributed by atoms with van der Waals surface area (Å²) in [5.41, 5.74) is 3.87. The minimum Gasteiger partial charge on any atom is -0.497 e. The molecule has 0 saturated heterocycles. The number of rotatable bonds is 6. The standard InChI is InChI=1S/C22H20N2O2/c1-25-21-11-5-17(6-12-21)3-9-19-15-20(24-16-23-19)10-4-18-7-13-22(26-2)14-8-18/h3-16H,1-2H3/b9-3+,10-4+. The van der Waals surface area contributed by atoms with Crippen molar-refractivity contribution in [2.75, 3.05) is 14.2 Å². The van der Waals surface area contributed by atoms with Crippen molar-refractivity contribution in [1.82, 2.24) is 9.97 Å². The third-order valence-electron chi connectivity index (χ3n) is 3.83. The number of aromatic nitrogens is 2. The molecular weight excluding hydrogens is 324 g/mol. The molecule has 0 aliphatic carbocycles. The molecule has 0 atom stereocenters. The maximum atomic E-state index is 5.16. The van der Waals surface area contributed by atoms with Crippen LogP contribution in [0.1, 0.15) is 22.5 Å². The van der Waals surface area contributed by atoms with Crippen molar-refractivity contribution < 1.29 is 9.47 Å². The predicted molar refractivity (Wildman–Crippen MR) is 106 cm³/mol. The fourth-order valence-electron chi connectivity index (χ4n) is 2.36. The zero-order valence-corrected chi connectivity index (χ0v) is 14.8. The minimum atomic E-state index is 0.843. The third kappa shape index (κ3) is 4.80. The lowest BCUT2D eigenvalue weighted by Gasteiger charge is -2.00. The van der Waals surface area contributed by atoms with Crippen LogP contribution in [0.5, 0.6) is 11.5 Å². The topological polar surface area (TPSA) is 44.2 Å². The normalized spacial score (nSPS) is 11.2. The fourth-order valence-corrected chi connectivity index (χ4v) is 2.36. The number of nitrogens with zero attached hydrogens (tertiary/aromatic N) is 2. The van der Waals surface area contributed by atoms with Crippen molar-refractivity contribution in [3.05, 3.63) is 83.4 Å². The maximum absolute atomic E-state index is 5.16. The zero-order valence-electron chi connectivity index (χ0n) is 14.8. The maximum Gasteiger partial charge on any atom is 0.118 e. The van der Waals surface area contributed by atoms with Crippen LogP contribution in [0.2, 0.25) is 0 Å². The summed E-state index contributed by atoms with van der Waals surface area (Å²) in [5, 5.41) is 0. The van der Waals surface area contributed by atoms with Gasteiger partial charge >= 0.3 is 0 Å². The molecule has 1 heterocycles. The van der Waals surface area contributed by atoms with E-state index in [1.54, 1.807) is 20.5 Å². The van der Waals surface area contributed by atoms with Crippen LogP contribution >= 0.6 is 0 Å². The monoisotopic (exact) mass is 344 g/mol. The average molecular weight is 344 g/mol. The molecular formula is C22H20N2O2. The summed E-state index contributed by atoms with van der Waals surface area (Å²) in [5.74, 6) is 1.69. The van der Waals surface area contributed by atoms with Crippen LogP contribution in [-0.4, -0.2) is 24.2 Å². The van der Waals surface area contributed by atoms with E-state index in [4.69, 9.17) is 9.47 Å². The molecule has 0 saturated carbocycles. The highest BCUT2D eigenvalue weighted by Crippen LogP contribution is 2.15. The molecule has 0 fully saturated rings. The van der Waals surface area contributed by atoms with Crippen molar-refractivity contribution in [3.63, 3.8) is 0 Å². The second-order valence-electron chi connectivity index (χ2n) is 5.58. The molecule has 0 unspecified atom stereocenters. The summed E-state index contributed by atoms with van der Waals surface area (Å²) in [6, 6.07) is 17.7. The first kappa shape index (κ1) is 17.4. The average Bonchev–Trinajstić information content (AvgIpc) is 2.72. The molecule has 0 amide bonds. The SMILES string of the molecule is COc1ccc(/C=C/c2cc(/C=C/c3ccc(OC)cc3)ncn2)cc1. The molecule has 0 N–H and O–H groups in total. The first-order chi connectivity index (χ1) is 12.8. The van der Waals surface area contributed by atoms with Crippen molar-refractivity contribution in [2.24, 2.45) is 0 Å². The Hall–Kier alpha value is -3.40. The summed E-state index contributed by atoms with van der Waals surface area (Å²) in [4.78, 5) is 8.59. The highest BCUT2D eigenvalue weighted by molar-refractivity contribution is 5.72. The summed E-state index contributed by atoms with van der Waals surface area (Å²) >= 11 is 0. The van der Waals surface area contributed by atoms with Gasteiger partial charge in [0.2, 0.25) is 0 Å². The highest BCUT2D eigenvalue weighted by Gasteiger charge is 1.95. The second kappa shape index (κ2) is 8.62. The van der Waals surface area contributed by atoms with Gasteiger partial charge in [-0.05, 0) is 53.6 Å². The minimum absolute atomic E-state index is 0.843. The van der Waals surface area contributed by atoms with Crippen LogP contribution in [0.3, 0.4) is 0 Å². The number of hydrogen-bond acceptors (Lipinski definition) is 4. The van der Waals surface area contributed by atoms with Crippen molar-refractivity contribution in [1.29, 1.82) is 0 Å². The quantitative estimate of drug-likeness (QED) is 0.642. The van der Waals surface area contributed by atoms with Gasteiger partial charge in [-0.25, -0.2) is 9.97 Å². The van der Waals surface area contributed by atoms with Gasteiger partial charge in [0, 0.05) is 0 Å². The zero-order chi connectivity index (χ0) is 18.2. The van der Waals surface area contributed by atoms with Gasteiger partial charge in [0.05, 0.1) is 25.6 Å². The van der Waals surface area contributed by atoms with Crippen LogP contribution in [0.15, 0.2) is 60.9 Å². The smallest absolute Gasteiger partial charge is 0.118 e. The van der Waals surface area contributed by atoms with E-state index in [-0.39, 0.29) is 0 Å². The van der Waals surface area contributed by atoms with Gasteiger partial charge in [-0.3, -0.25) is 0 Å². The van der Waals surface area contributed by atoms with Crippen LogP contribution < -0.4 is 9.47 Å². The largest absolute Gasteiger partial charge is 0.497 e. The van der Waals surface area contributed by atoms with Gasteiger partial charge in [-0.2, -0.15) is 0 Å². The molecule has 26 heavy (non-hydrogen) atoms. The van der Waals surface area contributed by atoms with E-state index < -0.39 is 0 Å². The van der Waals surface area contributed by atoms with Crippen LogP contribution in [0.25, 0.3) is 24.3 Å². The third-order valence-corrected chi connectivity index (χ3v) is 3.83. The molecule has 0 bridgehead atoms. The van der Waals surface area contributed by atoms with Crippen molar-refractivity contribution in [3.8, 4) is 11.5 Å². The fraction of sp³-hybridized carbons (Fsp3) is 0.0909. The number of methoxy groups -OCH3 is 2. The van der Waals surface area contributed by atoms with Crippen LogP contribution in [0, 0.1) is 0 Å². The molecule has 0 aliphatic rings. The van der Waals surface area contributed by atoms with Gasteiger partial charge in [-0.15, -0.1) is 0 Å². The lowest BCUT2D eigenvalue weighted by molar-refractivity contribution is 0.414. The van der Waals surface area contributed by atoms with Crippen LogP contribution in [-0.2, 0) is 0 Å². The highest BCUT2D eigenvalue weighted by atomic mass is 16.5. The number of ether oxygens (including phenoxy) is 2. The molecule has 4 heteroatoms. The summed E-state index contributed by atoms with van der Waals surface area (Å²) in [7, 11) is 3.32. The Morgan fingerprint density at radius 1 is 0.615 bits per heavy atom. The lowest BCUT2D eigenvalue weighted by atomic mass is 10.1. The first-order valence-electron chi connectivity index (χ1n) is 8.23. The Balaban J connectivity index is 1.70. The van der Waals surface area contributed by atoms with E-state index in [0.717, 1.165) is 34.0 Å². The lowest BCUT2D eigenvalue weighted by Crippen LogP contribution is -1.87. The van der Waals surface area contributed by atoms with Crippen molar-refractivity contribution in [2.45, 2.75) is 0 Å². The van der Waals surface area contributed by atoms with E-state index in [1.807, 2.05) is 78.9 Å². The number of hydrogen-bond donors (Lipinski definition) is 0. The first-order valence-corrected chi connectivity index (χ1v) is 8.23. The van der Waals surface area contributed by atoms with E-state index in [0.29, 0.717) is 0 Å². The predicted octanol–water partition coefficient (Wildman–Crippen LogP) is 4.83. The molecule has 0 spiro atoms. The van der Waals surface area contributed by atoms with Gasteiger partial charge < -0.3 is 9.47 Å². The Morgan fingerprint density at radius 3 is 1.42 bits per heavy atom. The Labute approximate surface area is 153 Å². The molecule has 2 aromatic carbocycles. The molecule has 0 radical (unpaired) electrons. The van der Waals surface area contributed by atoms with Crippen molar-refractivity contribution >= 4 is 24.3 Å².